The molecule has 2 aromatic heterocycles. The number of hydrogen-bond acceptors (Lipinski definition) is 7. The number of anilines is 1. The lowest BCUT2D eigenvalue weighted by atomic mass is 10.1. The molecule has 1 atom stereocenters. The highest BCUT2D eigenvalue weighted by Gasteiger charge is 2.28. The lowest BCUT2D eigenvalue weighted by Gasteiger charge is -2.32. The maximum atomic E-state index is 13.0. The molecule has 1 aromatic carbocycles. The summed E-state index contributed by atoms with van der Waals surface area (Å²) < 4.78 is 11.8. The van der Waals surface area contributed by atoms with Gasteiger partial charge in [-0.05, 0) is 25.0 Å². The second-order valence-electron chi connectivity index (χ2n) is 7.18. The van der Waals surface area contributed by atoms with Crippen molar-refractivity contribution in [2.24, 2.45) is 0 Å². The Hall–Kier alpha value is -3.42. The summed E-state index contributed by atoms with van der Waals surface area (Å²) in [4.78, 5) is 37.3. The van der Waals surface area contributed by atoms with Crippen LogP contribution in [0.15, 0.2) is 51.9 Å². The maximum absolute atomic E-state index is 13.0. The average molecular weight is 394 g/mol. The Morgan fingerprint density at radius 2 is 2.03 bits per heavy atom. The number of amides is 1. The van der Waals surface area contributed by atoms with Gasteiger partial charge in [-0.2, -0.15) is 0 Å². The van der Waals surface area contributed by atoms with E-state index in [-0.39, 0.29) is 23.2 Å². The van der Waals surface area contributed by atoms with Gasteiger partial charge in [0.25, 0.3) is 11.8 Å². The van der Waals surface area contributed by atoms with Gasteiger partial charge in [-0.1, -0.05) is 12.1 Å². The van der Waals surface area contributed by atoms with Crippen LogP contribution in [0, 0.1) is 0 Å². The molecule has 1 aliphatic rings. The van der Waals surface area contributed by atoms with Crippen molar-refractivity contribution in [3.63, 3.8) is 0 Å². The lowest BCUT2D eigenvalue weighted by molar-refractivity contribution is 0.0501. The van der Waals surface area contributed by atoms with Gasteiger partial charge in [0.1, 0.15) is 11.7 Å². The van der Waals surface area contributed by atoms with Crippen LogP contribution in [-0.4, -0.2) is 54.1 Å². The summed E-state index contributed by atoms with van der Waals surface area (Å²) in [6.07, 6.45) is 4.56. The molecule has 1 amide bonds. The molecule has 0 unspecified atom stereocenters. The average Bonchev–Trinajstić information content (AvgIpc) is 2.73. The normalized spacial score (nSPS) is 16.6. The van der Waals surface area contributed by atoms with E-state index >= 15 is 0 Å². The zero-order valence-corrected chi connectivity index (χ0v) is 16.4. The first kappa shape index (κ1) is 18.9. The summed E-state index contributed by atoms with van der Waals surface area (Å²) in [6, 6.07) is 8.17. The Kier molecular flexibility index (Phi) is 5.16. The van der Waals surface area contributed by atoms with Crippen LogP contribution in [0.3, 0.4) is 0 Å². The second kappa shape index (κ2) is 7.90. The molecule has 0 bridgehead atoms. The van der Waals surface area contributed by atoms with E-state index in [2.05, 4.69) is 9.97 Å². The van der Waals surface area contributed by atoms with E-state index in [9.17, 15) is 9.59 Å². The Morgan fingerprint density at radius 3 is 2.86 bits per heavy atom. The Bertz CT molecular complexity index is 1100. The number of aromatic nitrogens is 2. The minimum absolute atomic E-state index is 0.0443. The molecule has 3 aromatic rings. The van der Waals surface area contributed by atoms with Gasteiger partial charge in [0.15, 0.2) is 17.0 Å². The summed E-state index contributed by atoms with van der Waals surface area (Å²) in [7, 11) is 3.74. The first-order chi connectivity index (χ1) is 14.0. The van der Waals surface area contributed by atoms with Crippen molar-refractivity contribution >= 4 is 22.7 Å². The third kappa shape index (κ3) is 3.91. The van der Waals surface area contributed by atoms with Gasteiger partial charge < -0.3 is 19.0 Å². The fourth-order valence-corrected chi connectivity index (χ4v) is 3.45. The number of piperidine rings is 1. The molecule has 3 heterocycles. The monoisotopic (exact) mass is 394 g/mol. The van der Waals surface area contributed by atoms with E-state index in [1.54, 1.807) is 41.6 Å². The van der Waals surface area contributed by atoms with Gasteiger partial charge in [0.05, 0.1) is 11.9 Å². The van der Waals surface area contributed by atoms with E-state index < -0.39 is 0 Å². The number of rotatable bonds is 4. The van der Waals surface area contributed by atoms with Gasteiger partial charge in [-0.15, -0.1) is 0 Å². The van der Waals surface area contributed by atoms with Crippen molar-refractivity contribution in [3.05, 3.63) is 58.7 Å². The number of benzene rings is 1. The zero-order chi connectivity index (χ0) is 20.4. The molecule has 0 spiro atoms. The second-order valence-corrected chi connectivity index (χ2v) is 7.18. The molecule has 8 heteroatoms. The highest BCUT2D eigenvalue weighted by atomic mass is 16.5. The molecule has 4 rings (SSSR count). The van der Waals surface area contributed by atoms with E-state index in [0.29, 0.717) is 35.8 Å². The first-order valence-electron chi connectivity index (χ1n) is 9.50. The van der Waals surface area contributed by atoms with Crippen molar-refractivity contribution in [2.45, 2.75) is 18.9 Å². The highest BCUT2D eigenvalue weighted by Crippen LogP contribution is 2.25. The summed E-state index contributed by atoms with van der Waals surface area (Å²) in [5.41, 5.74) is 0.179. The fraction of sp³-hybridized carbons (Fsp3) is 0.333. The fourth-order valence-electron chi connectivity index (χ4n) is 3.45. The third-order valence-electron chi connectivity index (χ3n) is 4.86. The van der Waals surface area contributed by atoms with Crippen LogP contribution in [-0.2, 0) is 0 Å². The molecular formula is C21H22N4O4. The topological polar surface area (TPSA) is 88.8 Å². The minimum Gasteiger partial charge on any atom is -0.470 e. The number of fused-ring (bicyclic) bond motifs is 1. The molecule has 8 nitrogen and oxygen atoms in total. The lowest BCUT2D eigenvalue weighted by Crippen LogP contribution is -2.44. The minimum atomic E-state index is -0.312. The summed E-state index contributed by atoms with van der Waals surface area (Å²) in [5.74, 6) is 0.807. The predicted octanol–water partition coefficient (Wildman–Crippen LogP) is 2.33. The third-order valence-corrected chi connectivity index (χ3v) is 4.86. The number of carbonyl (C=O) groups excluding carboxylic acids is 1. The number of hydrogen-bond donors (Lipinski definition) is 0. The number of carbonyl (C=O) groups is 1. The summed E-state index contributed by atoms with van der Waals surface area (Å²) >= 11 is 0. The number of ether oxygens (including phenoxy) is 1. The van der Waals surface area contributed by atoms with Crippen molar-refractivity contribution in [1.82, 2.24) is 14.9 Å². The zero-order valence-electron chi connectivity index (χ0n) is 16.4. The Balaban J connectivity index is 1.53. The largest absolute Gasteiger partial charge is 0.470 e. The molecule has 0 aliphatic carbocycles. The molecule has 150 valence electrons. The van der Waals surface area contributed by atoms with Crippen LogP contribution in [0.4, 0.5) is 5.82 Å². The van der Waals surface area contributed by atoms with Crippen LogP contribution in [0.5, 0.6) is 5.88 Å². The van der Waals surface area contributed by atoms with Gasteiger partial charge in [0, 0.05) is 39.1 Å². The van der Waals surface area contributed by atoms with Crippen molar-refractivity contribution in [2.75, 3.05) is 32.1 Å². The van der Waals surface area contributed by atoms with Gasteiger partial charge >= 0.3 is 0 Å². The van der Waals surface area contributed by atoms with E-state index in [0.717, 1.165) is 12.8 Å². The van der Waals surface area contributed by atoms with Crippen LogP contribution in [0.1, 0.15) is 23.4 Å². The molecule has 1 aliphatic heterocycles. The van der Waals surface area contributed by atoms with Crippen LogP contribution in [0.25, 0.3) is 11.0 Å². The van der Waals surface area contributed by atoms with Crippen molar-refractivity contribution < 1.29 is 13.9 Å². The molecule has 29 heavy (non-hydrogen) atoms. The molecule has 1 saturated heterocycles. The maximum Gasteiger partial charge on any atom is 0.289 e. The summed E-state index contributed by atoms with van der Waals surface area (Å²) in [6.45, 7) is 0.967. The van der Waals surface area contributed by atoms with E-state index in [4.69, 9.17) is 9.15 Å². The SMILES string of the molecule is CN(C)c1nccnc1O[C@H]1CCCN(C(=O)c2cc(=O)c3ccccc3o2)C1. The number of nitrogens with zero attached hydrogens (tertiary/aromatic N) is 4. The predicted molar refractivity (Wildman–Crippen MR) is 108 cm³/mol. The van der Waals surface area contributed by atoms with Gasteiger partial charge in [-0.25, -0.2) is 9.97 Å². The quantitative estimate of drug-likeness (QED) is 0.671. The van der Waals surface area contributed by atoms with Crippen molar-refractivity contribution in [1.29, 1.82) is 0 Å². The summed E-state index contributed by atoms with van der Waals surface area (Å²) in [5, 5.41) is 0.461. The molecule has 1 fully saturated rings. The van der Waals surface area contributed by atoms with Crippen LogP contribution in [0.2, 0.25) is 0 Å². The molecule has 0 radical (unpaired) electrons. The van der Waals surface area contributed by atoms with Gasteiger partial charge in [0.2, 0.25) is 0 Å². The number of para-hydroxylation sites is 1. The first-order valence-corrected chi connectivity index (χ1v) is 9.50. The van der Waals surface area contributed by atoms with Crippen LogP contribution >= 0.6 is 0 Å². The van der Waals surface area contributed by atoms with E-state index in [1.165, 1.54) is 6.07 Å². The number of likely N-dealkylation sites (tertiary alicyclic amines) is 1. The van der Waals surface area contributed by atoms with E-state index in [1.807, 2.05) is 19.0 Å². The molecular weight excluding hydrogens is 372 g/mol. The van der Waals surface area contributed by atoms with Crippen LogP contribution < -0.4 is 15.1 Å². The standard InChI is InChI=1S/C21H22N4O4/c1-24(2)19-20(23-10-9-22-19)28-14-6-5-11-25(13-14)21(27)18-12-16(26)15-7-3-4-8-17(15)29-18/h3-4,7-10,12,14H,5-6,11,13H2,1-2H3/t14-/m0/s1. The van der Waals surface area contributed by atoms with Gasteiger partial charge in [-0.3, -0.25) is 9.59 Å². The Morgan fingerprint density at radius 1 is 1.24 bits per heavy atom. The highest BCUT2D eigenvalue weighted by molar-refractivity contribution is 5.93. The molecule has 0 N–H and O–H groups in total. The Labute approximate surface area is 167 Å². The molecule has 0 saturated carbocycles. The van der Waals surface area contributed by atoms with Crippen molar-refractivity contribution in [3.8, 4) is 5.88 Å². The smallest absolute Gasteiger partial charge is 0.289 e.